The maximum absolute atomic E-state index is 13.0. The Morgan fingerprint density at radius 2 is 2.21 bits per heavy atom. The molecule has 0 unspecified atom stereocenters. The minimum absolute atomic E-state index is 0.0696. The summed E-state index contributed by atoms with van der Waals surface area (Å²) in [5.74, 6) is 1.35. The van der Waals surface area contributed by atoms with Gasteiger partial charge in [-0.05, 0) is 36.8 Å². The maximum Gasteiger partial charge on any atom is 0.262 e. The Labute approximate surface area is 180 Å². The minimum atomic E-state index is -0.0696. The fourth-order valence-electron chi connectivity index (χ4n) is 2.87. The molecule has 0 aliphatic rings. The molecule has 0 radical (unpaired) electrons. The fourth-order valence-corrected chi connectivity index (χ4v) is 4.85. The lowest BCUT2D eigenvalue weighted by molar-refractivity contribution is 0.189. The number of thiazole rings is 1. The highest BCUT2D eigenvalue weighted by Crippen LogP contribution is 2.28. The van der Waals surface area contributed by atoms with Crippen molar-refractivity contribution < 1.29 is 9.15 Å². The molecule has 150 valence electrons. The van der Waals surface area contributed by atoms with E-state index in [1.807, 2.05) is 17.5 Å². The predicted octanol–water partition coefficient (Wildman–Crippen LogP) is 5.10. The van der Waals surface area contributed by atoms with Gasteiger partial charge < -0.3 is 9.15 Å². The van der Waals surface area contributed by atoms with Gasteiger partial charge in [0.2, 0.25) is 0 Å². The molecular weight excluding hydrogens is 430 g/mol. The number of halogens is 1. The van der Waals surface area contributed by atoms with E-state index >= 15 is 0 Å². The number of methoxy groups -OCH3 is 1. The third-order valence-corrected chi connectivity index (χ3v) is 6.40. The van der Waals surface area contributed by atoms with Crippen LogP contribution in [0.4, 0.5) is 0 Å². The van der Waals surface area contributed by atoms with Crippen LogP contribution in [0, 0.1) is 0 Å². The lowest BCUT2D eigenvalue weighted by Crippen LogP contribution is -2.24. The topological polar surface area (TPSA) is 70.2 Å². The first kappa shape index (κ1) is 20.2. The molecule has 3 aromatic heterocycles. The number of fused-ring (bicyclic) bond motifs is 1. The van der Waals surface area contributed by atoms with E-state index in [0.29, 0.717) is 40.0 Å². The van der Waals surface area contributed by atoms with E-state index in [1.54, 1.807) is 36.1 Å². The molecule has 0 saturated heterocycles. The smallest absolute Gasteiger partial charge is 0.262 e. The first-order valence-electron chi connectivity index (χ1n) is 8.96. The van der Waals surface area contributed by atoms with E-state index in [1.165, 1.54) is 23.1 Å². The average Bonchev–Trinajstić information content (AvgIpc) is 3.40. The van der Waals surface area contributed by atoms with Crippen molar-refractivity contribution in [3.8, 4) is 10.8 Å². The molecule has 9 heteroatoms. The van der Waals surface area contributed by atoms with Crippen molar-refractivity contribution in [2.75, 3.05) is 13.7 Å². The van der Waals surface area contributed by atoms with Gasteiger partial charge in [0.05, 0.1) is 22.9 Å². The molecular formula is C20H18ClN3O3S2. The number of hydrogen-bond acceptors (Lipinski definition) is 7. The van der Waals surface area contributed by atoms with Crippen LogP contribution in [-0.2, 0) is 17.0 Å². The highest BCUT2D eigenvalue weighted by molar-refractivity contribution is 7.98. The second-order valence-corrected chi connectivity index (χ2v) is 8.51. The van der Waals surface area contributed by atoms with E-state index in [4.69, 9.17) is 25.7 Å². The molecule has 0 atom stereocenters. The Morgan fingerprint density at radius 1 is 1.31 bits per heavy atom. The van der Waals surface area contributed by atoms with Gasteiger partial charge in [0.1, 0.15) is 0 Å². The molecule has 0 saturated carbocycles. The van der Waals surface area contributed by atoms with Gasteiger partial charge >= 0.3 is 0 Å². The van der Waals surface area contributed by atoms with Crippen molar-refractivity contribution in [3.63, 3.8) is 0 Å². The van der Waals surface area contributed by atoms with Gasteiger partial charge in [-0.3, -0.25) is 9.36 Å². The van der Waals surface area contributed by atoms with Crippen molar-refractivity contribution in [1.82, 2.24) is 14.5 Å². The van der Waals surface area contributed by atoms with Crippen molar-refractivity contribution in [2.45, 2.75) is 23.9 Å². The van der Waals surface area contributed by atoms with E-state index < -0.39 is 0 Å². The fraction of sp³-hybridized carbons (Fsp3) is 0.250. The van der Waals surface area contributed by atoms with E-state index in [0.717, 1.165) is 22.9 Å². The van der Waals surface area contributed by atoms with Crippen LogP contribution in [0.2, 0.25) is 5.02 Å². The summed E-state index contributed by atoms with van der Waals surface area (Å²) in [5.41, 5.74) is 1.44. The second-order valence-electron chi connectivity index (χ2n) is 6.27. The van der Waals surface area contributed by atoms with E-state index in [9.17, 15) is 4.79 Å². The van der Waals surface area contributed by atoms with E-state index in [2.05, 4.69) is 4.98 Å². The van der Waals surface area contributed by atoms with Crippen molar-refractivity contribution in [1.29, 1.82) is 0 Å². The Balaban J connectivity index is 1.62. The zero-order valence-corrected chi connectivity index (χ0v) is 18.0. The number of rotatable bonds is 8. The third-order valence-electron chi connectivity index (χ3n) is 4.25. The second kappa shape index (κ2) is 9.13. The molecule has 6 nitrogen and oxygen atoms in total. The SMILES string of the molecule is COCCCn1c(SCc2csc(-c3ccco3)n2)nc2cc(Cl)ccc2c1=O. The molecule has 3 heterocycles. The monoisotopic (exact) mass is 447 g/mol. The van der Waals surface area contributed by atoms with Crippen LogP contribution in [0.25, 0.3) is 21.7 Å². The summed E-state index contributed by atoms with van der Waals surface area (Å²) in [6.07, 6.45) is 2.36. The Morgan fingerprint density at radius 3 is 3.00 bits per heavy atom. The molecule has 0 bridgehead atoms. The number of thioether (sulfide) groups is 1. The summed E-state index contributed by atoms with van der Waals surface area (Å²) >= 11 is 9.12. The largest absolute Gasteiger partial charge is 0.462 e. The van der Waals surface area contributed by atoms with E-state index in [-0.39, 0.29) is 5.56 Å². The first-order chi connectivity index (χ1) is 14.2. The molecule has 0 aliphatic carbocycles. The van der Waals surface area contributed by atoms with Crippen molar-refractivity contribution in [3.05, 3.63) is 63.0 Å². The highest BCUT2D eigenvalue weighted by Gasteiger charge is 2.14. The lowest BCUT2D eigenvalue weighted by Gasteiger charge is -2.12. The van der Waals surface area contributed by atoms with Crippen LogP contribution < -0.4 is 5.56 Å². The molecule has 4 aromatic rings. The third kappa shape index (κ3) is 4.56. The number of aromatic nitrogens is 3. The van der Waals surface area contributed by atoms with Crippen LogP contribution in [0.5, 0.6) is 0 Å². The Kier molecular flexibility index (Phi) is 6.34. The van der Waals surface area contributed by atoms with Crippen molar-refractivity contribution >= 4 is 45.6 Å². The summed E-state index contributed by atoms with van der Waals surface area (Å²) in [6, 6.07) is 8.89. The van der Waals surface area contributed by atoms with Crippen LogP contribution in [-0.4, -0.2) is 28.3 Å². The number of nitrogens with zero attached hydrogens (tertiary/aromatic N) is 3. The number of furan rings is 1. The van der Waals surface area contributed by atoms with Crippen LogP contribution in [0.1, 0.15) is 12.1 Å². The average molecular weight is 448 g/mol. The van der Waals surface area contributed by atoms with Crippen LogP contribution in [0.3, 0.4) is 0 Å². The maximum atomic E-state index is 13.0. The zero-order valence-electron chi connectivity index (χ0n) is 15.6. The van der Waals surface area contributed by atoms with Gasteiger partial charge in [-0.25, -0.2) is 9.97 Å². The number of ether oxygens (including phenoxy) is 1. The van der Waals surface area contributed by atoms with Gasteiger partial charge in [0, 0.05) is 36.4 Å². The minimum Gasteiger partial charge on any atom is -0.462 e. The zero-order chi connectivity index (χ0) is 20.2. The first-order valence-corrected chi connectivity index (χ1v) is 11.2. The predicted molar refractivity (Wildman–Crippen MR) is 117 cm³/mol. The molecule has 29 heavy (non-hydrogen) atoms. The molecule has 0 N–H and O–H groups in total. The lowest BCUT2D eigenvalue weighted by atomic mass is 10.2. The van der Waals surface area contributed by atoms with Gasteiger partial charge in [0.25, 0.3) is 5.56 Å². The van der Waals surface area contributed by atoms with Crippen LogP contribution >= 0.6 is 34.7 Å². The van der Waals surface area contributed by atoms with Crippen molar-refractivity contribution in [2.24, 2.45) is 0 Å². The highest BCUT2D eigenvalue weighted by atomic mass is 35.5. The van der Waals surface area contributed by atoms with Gasteiger partial charge in [-0.2, -0.15) is 0 Å². The number of hydrogen-bond donors (Lipinski definition) is 0. The van der Waals surface area contributed by atoms with Crippen LogP contribution in [0.15, 0.2) is 56.3 Å². The van der Waals surface area contributed by atoms with Gasteiger partial charge in [0.15, 0.2) is 15.9 Å². The molecule has 0 spiro atoms. The Hall–Kier alpha value is -2.13. The standard InChI is InChI=1S/C20H18ClN3O3S2/c1-26-8-3-7-24-19(25)15-6-5-13(21)10-16(15)23-20(24)29-12-14-11-28-18(22-14)17-4-2-9-27-17/h2,4-6,9-11H,3,7-8,12H2,1H3. The Bertz CT molecular complexity index is 1170. The quantitative estimate of drug-likeness (QED) is 0.213. The summed E-state index contributed by atoms with van der Waals surface area (Å²) in [5, 5.41) is 4.59. The molecule has 4 rings (SSSR count). The molecule has 0 aliphatic heterocycles. The summed E-state index contributed by atoms with van der Waals surface area (Å²) in [7, 11) is 1.65. The normalized spacial score (nSPS) is 11.4. The summed E-state index contributed by atoms with van der Waals surface area (Å²) < 4.78 is 12.2. The molecule has 0 amide bonds. The summed E-state index contributed by atoms with van der Waals surface area (Å²) in [6.45, 7) is 1.11. The number of benzene rings is 1. The van der Waals surface area contributed by atoms with Gasteiger partial charge in [-0.1, -0.05) is 23.4 Å². The molecule has 1 aromatic carbocycles. The summed E-state index contributed by atoms with van der Waals surface area (Å²) in [4.78, 5) is 22.3. The molecule has 0 fully saturated rings. The van der Waals surface area contributed by atoms with Gasteiger partial charge in [-0.15, -0.1) is 11.3 Å².